The van der Waals surface area contributed by atoms with E-state index in [1.807, 2.05) is 73.6 Å². The zero-order valence-corrected chi connectivity index (χ0v) is 16.5. The fraction of sp³-hybridized carbons (Fsp3) is 0.227. The molecule has 2 aromatic carbocycles. The van der Waals surface area contributed by atoms with E-state index >= 15 is 0 Å². The van der Waals surface area contributed by atoms with Gasteiger partial charge in [-0.2, -0.15) is 10.1 Å². The lowest BCUT2D eigenvalue weighted by atomic mass is 9.88. The summed E-state index contributed by atoms with van der Waals surface area (Å²) < 4.78 is 1.76. The van der Waals surface area contributed by atoms with E-state index < -0.39 is 5.92 Å². The van der Waals surface area contributed by atoms with Crippen LogP contribution in [0.4, 0.5) is 11.6 Å². The van der Waals surface area contributed by atoms with Crippen LogP contribution in [0.5, 0.6) is 0 Å². The van der Waals surface area contributed by atoms with Gasteiger partial charge in [0.05, 0.1) is 6.04 Å². The molecule has 0 saturated heterocycles. The number of hydrogen-bond donors (Lipinski definition) is 2. The first-order chi connectivity index (χ1) is 14.0. The third-order valence-electron chi connectivity index (χ3n) is 5.14. The molecule has 0 bridgehead atoms. The average Bonchev–Trinajstić information content (AvgIpc) is 3.20. The minimum Gasteiger partial charge on any atom is -0.378 e. The second kappa shape index (κ2) is 7.79. The quantitative estimate of drug-likeness (QED) is 0.703. The zero-order chi connectivity index (χ0) is 20.4. The Hall–Kier alpha value is -3.61. The van der Waals surface area contributed by atoms with Crippen LogP contribution in [0.15, 0.2) is 73.2 Å². The standard InChI is InChI=1S/C22H24N6O/c1-15-19(21(29)23-13-16-7-5-4-6-8-16)20(28-22(26-15)24-14-25-28)17-9-11-18(12-10-17)27(2)3/h4-12,14,19-20H,1,13H2,2-3H3,(H,23,29)(H,24,25,26)/t19-,20+/m1/s1. The zero-order valence-electron chi connectivity index (χ0n) is 16.5. The molecule has 2 heterocycles. The van der Waals surface area contributed by atoms with Crippen LogP contribution in [0.1, 0.15) is 17.2 Å². The lowest BCUT2D eigenvalue weighted by molar-refractivity contribution is -0.125. The molecule has 0 saturated carbocycles. The Morgan fingerprint density at radius 2 is 1.90 bits per heavy atom. The monoisotopic (exact) mass is 388 g/mol. The molecule has 1 amide bonds. The van der Waals surface area contributed by atoms with E-state index in [0.717, 1.165) is 16.8 Å². The maximum Gasteiger partial charge on any atom is 0.231 e. The van der Waals surface area contributed by atoms with Crippen LogP contribution in [0.3, 0.4) is 0 Å². The predicted molar refractivity (Wildman–Crippen MR) is 113 cm³/mol. The third-order valence-corrected chi connectivity index (χ3v) is 5.14. The van der Waals surface area contributed by atoms with Crippen LogP contribution in [0.25, 0.3) is 0 Å². The molecular weight excluding hydrogens is 364 g/mol. The Morgan fingerprint density at radius 1 is 1.17 bits per heavy atom. The van der Waals surface area contributed by atoms with Crippen LogP contribution >= 0.6 is 0 Å². The minimum atomic E-state index is -0.516. The van der Waals surface area contributed by atoms with E-state index in [4.69, 9.17) is 0 Å². The maximum absolute atomic E-state index is 13.2. The van der Waals surface area contributed by atoms with E-state index in [0.29, 0.717) is 18.2 Å². The number of hydrogen-bond acceptors (Lipinski definition) is 5. The SMILES string of the molecule is C=C1Nc2ncnn2[C@@H](c2ccc(N(C)C)cc2)[C@@H]1C(=O)NCc1ccccc1. The molecule has 0 fully saturated rings. The second-order valence-electron chi connectivity index (χ2n) is 7.29. The van der Waals surface area contributed by atoms with Crippen molar-refractivity contribution < 1.29 is 4.79 Å². The molecule has 0 spiro atoms. The van der Waals surface area contributed by atoms with Gasteiger partial charge >= 0.3 is 0 Å². The van der Waals surface area contributed by atoms with Crippen LogP contribution in [0.2, 0.25) is 0 Å². The third kappa shape index (κ3) is 3.71. The van der Waals surface area contributed by atoms with Gasteiger partial charge in [-0.3, -0.25) is 4.79 Å². The number of carbonyl (C=O) groups excluding carboxylic acids is 1. The summed E-state index contributed by atoms with van der Waals surface area (Å²) in [4.78, 5) is 19.5. The number of carbonyl (C=O) groups is 1. The highest BCUT2D eigenvalue weighted by molar-refractivity contribution is 5.84. The number of amides is 1. The first kappa shape index (κ1) is 18.7. The molecule has 4 rings (SSSR count). The molecule has 7 heteroatoms. The molecule has 0 unspecified atom stereocenters. The van der Waals surface area contributed by atoms with Crippen LogP contribution < -0.4 is 15.5 Å². The Bertz CT molecular complexity index is 1010. The summed E-state index contributed by atoms with van der Waals surface area (Å²) in [6.45, 7) is 4.57. The molecular formula is C22H24N6O. The topological polar surface area (TPSA) is 75.1 Å². The molecule has 3 aromatic rings. The van der Waals surface area contributed by atoms with Gasteiger partial charge in [0.2, 0.25) is 11.9 Å². The lowest BCUT2D eigenvalue weighted by Gasteiger charge is -2.34. The number of nitrogens with zero attached hydrogens (tertiary/aromatic N) is 4. The Kier molecular flexibility index (Phi) is 5.03. The van der Waals surface area contributed by atoms with Gasteiger partial charge < -0.3 is 15.5 Å². The fourth-order valence-corrected chi connectivity index (χ4v) is 3.60. The van der Waals surface area contributed by atoms with Crippen molar-refractivity contribution in [2.24, 2.45) is 5.92 Å². The summed E-state index contributed by atoms with van der Waals surface area (Å²) in [6, 6.07) is 17.7. The van der Waals surface area contributed by atoms with Gasteiger partial charge in [0, 0.05) is 32.0 Å². The summed E-state index contributed by atoms with van der Waals surface area (Å²) in [5.74, 6) is -0.0314. The van der Waals surface area contributed by atoms with Gasteiger partial charge in [0.1, 0.15) is 12.2 Å². The van der Waals surface area contributed by atoms with Crippen molar-refractivity contribution in [3.05, 3.63) is 84.3 Å². The van der Waals surface area contributed by atoms with E-state index in [1.165, 1.54) is 6.33 Å². The Labute approximate surface area is 170 Å². The summed E-state index contributed by atoms with van der Waals surface area (Å²) in [5, 5.41) is 10.5. The lowest BCUT2D eigenvalue weighted by Crippen LogP contribution is -2.42. The number of rotatable bonds is 5. The highest BCUT2D eigenvalue weighted by atomic mass is 16.2. The van der Waals surface area contributed by atoms with Crippen molar-refractivity contribution in [3.63, 3.8) is 0 Å². The molecule has 1 aliphatic rings. The number of aromatic nitrogens is 3. The molecule has 2 atom stereocenters. The van der Waals surface area contributed by atoms with Crippen LogP contribution in [0, 0.1) is 5.92 Å². The molecule has 0 radical (unpaired) electrons. The van der Waals surface area contributed by atoms with Crippen molar-refractivity contribution >= 4 is 17.5 Å². The van der Waals surface area contributed by atoms with Crippen LogP contribution in [-0.2, 0) is 11.3 Å². The smallest absolute Gasteiger partial charge is 0.231 e. The van der Waals surface area contributed by atoms with Gasteiger partial charge in [-0.25, -0.2) is 4.68 Å². The Morgan fingerprint density at radius 3 is 2.59 bits per heavy atom. The number of anilines is 2. The molecule has 148 valence electrons. The van der Waals surface area contributed by atoms with Crippen molar-refractivity contribution in [2.75, 3.05) is 24.3 Å². The summed E-state index contributed by atoms with van der Waals surface area (Å²) in [5.41, 5.74) is 3.72. The van der Waals surface area contributed by atoms with Crippen LogP contribution in [-0.4, -0.2) is 34.8 Å². The van der Waals surface area contributed by atoms with Gasteiger partial charge in [-0.1, -0.05) is 49.0 Å². The number of nitrogens with one attached hydrogen (secondary N) is 2. The largest absolute Gasteiger partial charge is 0.378 e. The van der Waals surface area contributed by atoms with Gasteiger partial charge in [0.25, 0.3) is 0 Å². The van der Waals surface area contributed by atoms with Crippen molar-refractivity contribution in [3.8, 4) is 0 Å². The summed E-state index contributed by atoms with van der Waals surface area (Å²) in [6.07, 6.45) is 1.49. The van der Waals surface area contributed by atoms with Gasteiger partial charge in [0.15, 0.2) is 0 Å². The summed E-state index contributed by atoms with van der Waals surface area (Å²) in [7, 11) is 3.99. The van der Waals surface area contributed by atoms with E-state index in [1.54, 1.807) is 4.68 Å². The Balaban J connectivity index is 1.65. The molecule has 1 aliphatic heterocycles. The van der Waals surface area contributed by atoms with Crippen molar-refractivity contribution in [1.29, 1.82) is 0 Å². The van der Waals surface area contributed by atoms with E-state index in [2.05, 4.69) is 27.3 Å². The molecule has 0 aliphatic carbocycles. The number of fused-ring (bicyclic) bond motifs is 1. The van der Waals surface area contributed by atoms with Gasteiger partial charge in [-0.05, 0) is 23.3 Å². The highest BCUT2D eigenvalue weighted by Crippen LogP contribution is 2.37. The summed E-state index contributed by atoms with van der Waals surface area (Å²) >= 11 is 0. The molecule has 7 nitrogen and oxygen atoms in total. The van der Waals surface area contributed by atoms with E-state index in [9.17, 15) is 4.79 Å². The first-order valence-electron chi connectivity index (χ1n) is 9.49. The fourth-order valence-electron chi connectivity index (χ4n) is 3.60. The first-order valence-corrected chi connectivity index (χ1v) is 9.49. The molecule has 2 N–H and O–H groups in total. The highest BCUT2D eigenvalue weighted by Gasteiger charge is 2.39. The van der Waals surface area contributed by atoms with E-state index in [-0.39, 0.29) is 11.9 Å². The normalized spacial score (nSPS) is 17.9. The molecule has 29 heavy (non-hydrogen) atoms. The van der Waals surface area contributed by atoms with Gasteiger partial charge in [-0.15, -0.1) is 0 Å². The maximum atomic E-state index is 13.2. The average molecular weight is 388 g/mol. The van der Waals surface area contributed by atoms with Crippen molar-refractivity contribution in [1.82, 2.24) is 20.1 Å². The van der Waals surface area contributed by atoms with Crippen molar-refractivity contribution in [2.45, 2.75) is 12.6 Å². The number of benzene rings is 2. The minimum absolute atomic E-state index is 0.103. The second-order valence-corrected chi connectivity index (χ2v) is 7.29. The molecule has 1 aromatic heterocycles. The predicted octanol–water partition coefficient (Wildman–Crippen LogP) is 2.81.